The van der Waals surface area contributed by atoms with Crippen LogP contribution in [-0.2, 0) is 11.3 Å². The van der Waals surface area contributed by atoms with Gasteiger partial charge in [0.15, 0.2) is 11.5 Å². The van der Waals surface area contributed by atoms with Crippen LogP contribution in [0.3, 0.4) is 0 Å². The zero-order valence-electron chi connectivity index (χ0n) is 12.3. The molecule has 0 aromatic heterocycles. The smallest absolute Gasteiger partial charge is 0.411 e. The van der Waals surface area contributed by atoms with E-state index in [-0.39, 0.29) is 6.61 Å². The number of hydrogen-bond acceptors (Lipinski definition) is 4. The van der Waals surface area contributed by atoms with Crippen LogP contribution in [0.1, 0.15) is 5.56 Å². The summed E-state index contributed by atoms with van der Waals surface area (Å²) in [7, 11) is 3.11. The van der Waals surface area contributed by atoms with Crippen molar-refractivity contribution < 1.29 is 19.0 Å². The van der Waals surface area contributed by atoms with Crippen molar-refractivity contribution in [1.29, 1.82) is 0 Å². The standard InChI is InChI=1S/C16H16ClNO4/c1-20-14-7-6-11(8-15(14)21-2)10-22-16(19)18-13-5-3-4-12(17)9-13/h3-9H,10H2,1-2H3,(H,18,19). The number of methoxy groups -OCH3 is 2. The van der Waals surface area contributed by atoms with Crippen molar-refractivity contribution in [2.45, 2.75) is 6.61 Å². The highest BCUT2D eigenvalue weighted by atomic mass is 35.5. The van der Waals surface area contributed by atoms with E-state index in [4.69, 9.17) is 25.8 Å². The molecule has 0 aliphatic rings. The Morgan fingerprint density at radius 1 is 1.09 bits per heavy atom. The van der Waals surface area contributed by atoms with Crippen molar-refractivity contribution in [3.63, 3.8) is 0 Å². The summed E-state index contributed by atoms with van der Waals surface area (Å²) in [5.74, 6) is 1.20. The van der Waals surface area contributed by atoms with Gasteiger partial charge < -0.3 is 14.2 Å². The zero-order chi connectivity index (χ0) is 15.9. The van der Waals surface area contributed by atoms with Gasteiger partial charge in [-0.25, -0.2) is 4.79 Å². The van der Waals surface area contributed by atoms with Gasteiger partial charge in [0, 0.05) is 10.7 Å². The van der Waals surface area contributed by atoms with Crippen LogP contribution in [0, 0.1) is 0 Å². The monoisotopic (exact) mass is 321 g/mol. The van der Waals surface area contributed by atoms with Crippen molar-refractivity contribution in [3.8, 4) is 11.5 Å². The van der Waals surface area contributed by atoms with Crippen LogP contribution in [0.5, 0.6) is 11.5 Å². The van der Waals surface area contributed by atoms with Gasteiger partial charge in [-0.15, -0.1) is 0 Å². The minimum atomic E-state index is -0.558. The average Bonchev–Trinajstić information content (AvgIpc) is 2.52. The number of ether oxygens (including phenoxy) is 3. The first kappa shape index (κ1) is 16.0. The molecule has 6 heteroatoms. The first-order chi connectivity index (χ1) is 10.6. The number of amides is 1. The molecular formula is C16H16ClNO4. The largest absolute Gasteiger partial charge is 0.493 e. The number of rotatable bonds is 5. The van der Waals surface area contributed by atoms with E-state index in [0.29, 0.717) is 22.2 Å². The molecule has 0 spiro atoms. The average molecular weight is 322 g/mol. The van der Waals surface area contributed by atoms with Crippen LogP contribution in [0.4, 0.5) is 10.5 Å². The SMILES string of the molecule is COc1ccc(COC(=O)Nc2cccc(Cl)c2)cc1OC. The Morgan fingerprint density at radius 2 is 1.86 bits per heavy atom. The van der Waals surface area contributed by atoms with Gasteiger partial charge >= 0.3 is 6.09 Å². The Hall–Kier alpha value is -2.40. The van der Waals surface area contributed by atoms with E-state index >= 15 is 0 Å². The molecule has 22 heavy (non-hydrogen) atoms. The lowest BCUT2D eigenvalue weighted by atomic mass is 10.2. The van der Waals surface area contributed by atoms with Crippen molar-refractivity contribution in [1.82, 2.24) is 0 Å². The summed E-state index contributed by atoms with van der Waals surface area (Å²) in [6.45, 7) is 0.118. The summed E-state index contributed by atoms with van der Waals surface area (Å²) >= 11 is 5.85. The Balaban J connectivity index is 1.93. The molecule has 1 N–H and O–H groups in total. The molecule has 2 rings (SSSR count). The third kappa shape index (κ3) is 4.30. The number of benzene rings is 2. The molecule has 0 fully saturated rings. The van der Waals surface area contributed by atoms with E-state index < -0.39 is 6.09 Å². The maximum absolute atomic E-state index is 11.7. The highest BCUT2D eigenvalue weighted by Gasteiger charge is 2.07. The topological polar surface area (TPSA) is 56.8 Å². The molecule has 2 aromatic carbocycles. The molecule has 0 saturated heterocycles. The highest BCUT2D eigenvalue weighted by Crippen LogP contribution is 2.27. The van der Waals surface area contributed by atoms with Crippen LogP contribution < -0.4 is 14.8 Å². The van der Waals surface area contributed by atoms with Crippen LogP contribution in [-0.4, -0.2) is 20.3 Å². The minimum Gasteiger partial charge on any atom is -0.493 e. The van der Waals surface area contributed by atoms with Gasteiger partial charge in [0.2, 0.25) is 0 Å². The van der Waals surface area contributed by atoms with Gasteiger partial charge in [0.1, 0.15) is 6.61 Å². The molecular weight excluding hydrogens is 306 g/mol. The van der Waals surface area contributed by atoms with Gasteiger partial charge in [0.05, 0.1) is 14.2 Å². The molecule has 0 atom stereocenters. The lowest BCUT2D eigenvalue weighted by Gasteiger charge is -2.10. The fourth-order valence-corrected chi connectivity index (χ4v) is 2.03. The van der Waals surface area contributed by atoms with E-state index in [1.54, 1.807) is 56.7 Å². The maximum Gasteiger partial charge on any atom is 0.411 e. The van der Waals surface area contributed by atoms with Crippen molar-refractivity contribution in [2.24, 2.45) is 0 Å². The Labute approximate surface area is 133 Å². The quantitative estimate of drug-likeness (QED) is 0.900. The zero-order valence-corrected chi connectivity index (χ0v) is 13.0. The normalized spacial score (nSPS) is 9.95. The summed E-state index contributed by atoms with van der Waals surface area (Å²) in [6.07, 6.45) is -0.558. The second-order valence-corrected chi connectivity index (χ2v) is 4.84. The van der Waals surface area contributed by atoms with Crippen molar-refractivity contribution in [2.75, 3.05) is 19.5 Å². The number of nitrogens with one attached hydrogen (secondary N) is 1. The number of carbonyl (C=O) groups is 1. The molecule has 5 nitrogen and oxygen atoms in total. The van der Waals surface area contributed by atoms with Crippen LogP contribution in [0.15, 0.2) is 42.5 Å². The minimum absolute atomic E-state index is 0.118. The Kier molecular flexibility index (Phi) is 5.49. The lowest BCUT2D eigenvalue weighted by Crippen LogP contribution is -2.13. The highest BCUT2D eigenvalue weighted by molar-refractivity contribution is 6.30. The van der Waals surface area contributed by atoms with Crippen LogP contribution in [0.2, 0.25) is 5.02 Å². The molecule has 0 aliphatic heterocycles. The lowest BCUT2D eigenvalue weighted by molar-refractivity contribution is 0.155. The fourth-order valence-electron chi connectivity index (χ4n) is 1.84. The van der Waals surface area contributed by atoms with E-state index in [0.717, 1.165) is 5.56 Å². The number of halogens is 1. The predicted octanol–water partition coefficient (Wildman–Crippen LogP) is 4.11. The first-order valence-corrected chi connectivity index (χ1v) is 6.90. The van der Waals surface area contributed by atoms with Gasteiger partial charge in [-0.1, -0.05) is 23.7 Å². The Morgan fingerprint density at radius 3 is 2.55 bits per heavy atom. The van der Waals surface area contributed by atoms with E-state index in [9.17, 15) is 4.79 Å². The summed E-state index contributed by atoms with van der Waals surface area (Å²) in [5.41, 5.74) is 1.36. The number of anilines is 1. The second kappa shape index (κ2) is 7.56. The summed E-state index contributed by atoms with van der Waals surface area (Å²) in [5, 5.41) is 3.14. The molecule has 116 valence electrons. The molecule has 0 unspecified atom stereocenters. The summed E-state index contributed by atoms with van der Waals surface area (Å²) in [6, 6.07) is 12.1. The van der Waals surface area contributed by atoms with E-state index in [1.807, 2.05) is 0 Å². The fraction of sp³-hybridized carbons (Fsp3) is 0.188. The Bertz CT molecular complexity index is 660. The third-order valence-corrected chi connectivity index (χ3v) is 3.12. The molecule has 0 bridgehead atoms. The molecule has 0 saturated carbocycles. The van der Waals surface area contributed by atoms with Gasteiger partial charge in [0.25, 0.3) is 0 Å². The summed E-state index contributed by atoms with van der Waals surface area (Å²) < 4.78 is 15.5. The van der Waals surface area contributed by atoms with Crippen LogP contribution >= 0.6 is 11.6 Å². The molecule has 0 radical (unpaired) electrons. The van der Waals surface area contributed by atoms with E-state index in [2.05, 4.69) is 5.32 Å². The molecule has 0 heterocycles. The van der Waals surface area contributed by atoms with Gasteiger partial charge in [-0.2, -0.15) is 0 Å². The number of hydrogen-bond donors (Lipinski definition) is 1. The molecule has 0 aliphatic carbocycles. The van der Waals surface area contributed by atoms with E-state index in [1.165, 1.54) is 0 Å². The van der Waals surface area contributed by atoms with Gasteiger partial charge in [-0.3, -0.25) is 5.32 Å². The predicted molar refractivity (Wildman–Crippen MR) is 84.8 cm³/mol. The third-order valence-electron chi connectivity index (χ3n) is 2.89. The van der Waals surface area contributed by atoms with Crippen molar-refractivity contribution >= 4 is 23.4 Å². The second-order valence-electron chi connectivity index (χ2n) is 4.40. The van der Waals surface area contributed by atoms with Gasteiger partial charge in [-0.05, 0) is 35.9 Å². The molecule has 1 amide bonds. The van der Waals surface area contributed by atoms with Crippen LogP contribution in [0.25, 0.3) is 0 Å². The molecule has 2 aromatic rings. The maximum atomic E-state index is 11.7. The number of carbonyl (C=O) groups excluding carboxylic acids is 1. The summed E-state index contributed by atoms with van der Waals surface area (Å²) in [4.78, 5) is 11.7. The first-order valence-electron chi connectivity index (χ1n) is 6.52. The van der Waals surface area contributed by atoms with Crippen molar-refractivity contribution in [3.05, 3.63) is 53.1 Å².